The predicted octanol–water partition coefficient (Wildman–Crippen LogP) is 0.854. The van der Waals surface area contributed by atoms with Crippen LogP contribution in [-0.4, -0.2) is 68.6 Å². The van der Waals surface area contributed by atoms with Gasteiger partial charge in [-0.15, -0.1) is 0 Å². The maximum atomic E-state index is 12.1. The normalized spacial score (nSPS) is 16.3. The Bertz CT molecular complexity index is 384. The van der Waals surface area contributed by atoms with Crippen LogP contribution in [0.2, 0.25) is 0 Å². The Morgan fingerprint density at radius 1 is 1.43 bits per heavy atom. The van der Waals surface area contributed by atoms with Gasteiger partial charge in [0.1, 0.15) is 6.04 Å². The average Bonchev–Trinajstić information content (AvgIpc) is 2.47. The molecule has 1 unspecified atom stereocenters. The highest BCUT2D eigenvalue weighted by Crippen LogP contribution is 2.11. The number of rotatable bonds is 8. The van der Waals surface area contributed by atoms with E-state index in [0.29, 0.717) is 39.1 Å². The molecular formula is C14H24N2O5. The third-order valence-electron chi connectivity index (χ3n) is 3.36. The molecule has 1 rings (SSSR count). The Morgan fingerprint density at radius 2 is 2.19 bits per heavy atom. The minimum Gasteiger partial charge on any atom is -0.480 e. The van der Waals surface area contributed by atoms with E-state index in [1.165, 1.54) is 0 Å². The molecule has 0 fully saturated rings. The zero-order chi connectivity index (χ0) is 15.7. The zero-order valence-corrected chi connectivity index (χ0v) is 12.6. The Balaban J connectivity index is 2.45. The number of amides is 2. The van der Waals surface area contributed by atoms with E-state index < -0.39 is 12.0 Å². The number of carboxylic acid groups (broad SMARTS) is 1. The van der Waals surface area contributed by atoms with Crippen molar-refractivity contribution >= 4 is 12.0 Å². The summed E-state index contributed by atoms with van der Waals surface area (Å²) < 4.78 is 9.94. The summed E-state index contributed by atoms with van der Waals surface area (Å²) in [4.78, 5) is 24.8. The Labute approximate surface area is 124 Å². The smallest absolute Gasteiger partial charge is 0.326 e. The maximum Gasteiger partial charge on any atom is 0.326 e. The third-order valence-corrected chi connectivity index (χ3v) is 3.36. The summed E-state index contributed by atoms with van der Waals surface area (Å²) in [6, 6.07) is -1.22. The first-order valence-corrected chi connectivity index (χ1v) is 7.02. The van der Waals surface area contributed by atoms with Crippen LogP contribution >= 0.6 is 0 Å². The Hall–Kier alpha value is -1.60. The molecule has 1 heterocycles. The fourth-order valence-corrected chi connectivity index (χ4v) is 2.14. The lowest BCUT2D eigenvalue weighted by Gasteiger charge is -2.28. The van der Waals surface area contributed by atoms with Crippen LogP contribution in [0.4, 0.5) is 4.79 Å². The lowest BCUT2D eigenvalue weighted by molar-refractivity contribution is -0.139. The second-order valence-electron chi connectivity index (χ2n) is 4.97. The zero-order valence-electron chi connectivity index (χ0n) is 12.6. The van der Waals surface area contributed by atoms with Gasteiger partial charge in [-0.2, -0.15) is 0 Å². The number of nitrogens with zero attached hydrogens (tertiary/aromatic N) is 1. The molecule has 2 N–H and O–H groups in total. The molecule has 0 radical (unpaired) electrons. The van der Waals surface area contributed by atoms with Crippen molar-refractivity contribution in [2.75, 3.05) is 40.5 Å². The van der Waals surface area contributed by atoms with Gasteiger partial charge in [-0.3, -0.25) is 0 Å². The highest BCUT2D eigenvalue weighted by Gasteiger charge is 2.23. The first-order chi connectivity index (χ1) is 10.1. The molecule has 0 aliphatic carbocycles. The van der Waals surface area contributed by atoms with E-state index in [1.807, 2.05) is 6.08 Å². The van der Waals surface area contributed by atoms with Crippen molar-refractivity contribution in [3.05, 3.63) is 11.6 Å². The molecule has 2 amide bonds. The van der Waals surface area contributed by atoms with Gasteiger partial charge in [0.25, 0.3) is 0 Å². The first-order valence-electron chi connectivity index (χ1n) is 7.02. The van der Waals surface area contributed by atoms with E-state index >= 15 is 0 Å². The molecule has 1 aliphatic rings. The van der Waals surface area contributed by atoms with E-state index in [-0.39, 0.29) is 6.03 Å². The number of urea groups is 1. The summed E-state index contributed by atoms with van der Waals surface area (Å²) in [5.74, 6) is -1.02. The van der Waals surface area contributed by atoms with E-state index in [0.717, 1.165) is 12.0 Å². The van der Waals surface area contributed by atoms with Crippen LogP contribution in [0.15, 0.2) is 11.6 Å². The number of aliphatic carboxylic acids is 1. The number of ether oxygens (including phenoxy) is 2. The van der Waals surface area contributed by atoms with Gasteiger partial charge in [0.15, 0.2) is 0 Å². The van der Waals surface area contributed by atoms with E-state index in [2.05, 4.69) is 5.32 Å². The van der Waals surface area contributed by atoms with E-state index in [1.54, 1.807) is 19.1 Å². The number of hydrogen-bond acceptors (Lipinski definition) is 4. The van der Waals surface area contributed by atoms with E-state index in [4.69, 9.17) is 14.6 Å². The molecule has 0 saturated carbocycles. The van der Waals surface area contributed by atoms with Gasteiger partial charge in [-0.25, -0.2) is 9.59 Å². The summed E-state index contributed by atoms with van der Waals surface area (Å²) in [6.45, 7) is 2.11. The molecule has 0 aromatic carbocycles. The number of carbonyl (C=O) groups excluding carboxylic acids is 1. The molecule has 0 spiro atoms. The first kappa shape index (κ1) is 17.5. The monoisotopic (exact) mass is 300 g/mol. The number of carbonyl (C=O) groups is 2. The highest BCUT2D eigenvalue weighted by atomic mass is 16.5. The minimum atomic E-state index is -1.02. The summed E-state index contributed by atoms with van der Waals surface area (Å²) in [5.41, 5.74) is 1.16. The molecule has 1 atom stereocenters. The van der Waals surface area contributed by atoms with Crippen molar-refractivity contribution in [1.29, 1.82) is 0 Å². The minimum absolute atomic E-state index is 0.340. The fourth-order valence-electron chi connectivity index (χ4n) is 2.14. The van der Waals surface area contributed by atoms with Gasteiger partial charge < -0.3 is 24.8 Å². The van der Waals surface area contributed by atoms with Gasteiger partial charge in [0.05, 0.1) is 6.61 Å². The molecule has 7 heteroatoms. The van der Waals surface area contributed by atoms with Gasteiger partial charge in [-0.05, 0) is 24.8 Å². The molecule has 0 saturated heterocycles. The van der Waals surface area contributed by atoms with Crippen LogP contribution in [0, 0.1) is 0 Å². The van der Waals surface area contributed by atoms with Gasteiger partial charge in [-0.1, -0.05) is 6.08 Å². The number of methoxy groups -OCH3 is 2. The van der Waals surface area contributed by atoms with Crippen LogP contribution in [0.5, 0.6) is 0 Å². The fraction of sp³-hybridized carbons (Fsp3) is 0.714. The quantitative estimate of drug-likeness (QED) is 0.512. The van der Waals surface area contributed by atoms with Gasteiger partial charge >= 0.3 is 12.0 Å². The van der Waals surface area contributed by atoms with Gasteiger partial charge in [0.2, 0.25) is 0 Å². The third kappa shape index (κ3) is 6.14. The van der Waals surface area contributed by atoms with Crippen molar-refractivity contribution in [3.63, 3.8) is 0 Å². The topological polar surface area (TPSA) is 88.1 Å². The van der Waals surface area contributed by atoms with Crippen molar-refractivity contribution in [2.45, 2.75) is 25.3 Å². The Morgan fingerprint density at radius 3 is 2.71 bits per heavy atom. The molecule has 1 aliphatic heterocycles. The second-order valence-corrected chi connectivity index (χ2v) is 4.97. The van der Waals surface area contributed by atoms with Crippen LogP contribution < -0.4 is 5.32 Å². The summed E-state index contributed by atoms with van der Waals surface area (Å²) in [6.07, 6.45) is 3.65. The van der Waals surface area contributed by atoms with Crippen molar-refractivity contribution in [1.82, 2.24) is 10.2 Å². The summed E-state index contributed by atoms with van der Waals surface area (Å²) in [7, 11) is 3.20. The number of hydrogen-bond donors (Lipinski definition) is 2. The van der Waals surface area contributed by atoms with Crippen LogP contribution in [0.25, 0.3) is 0 Å². The van der Waals surface area contributed by atoms with Crippen molar-refractivity contribution < 1.29 is 24.2 Å². The standard InChI is InChI=1S/C14H24N2O5/c1-20-9-3-4-12(13(17)18)15-14(19)16-7-5-11(6-8-16)10-21-2/h5,12H,3-4,6-10H2,1-2H3,(H,15,19)(H,17,18). The average molecular weight is 300 g/mol. The Kier molecular flexibility index (Phi) is 7.78. The number of carboxylic acids is 1. The second kappa shape index (κ2) is 9.36. The molecular weight excluding hydrogens is 276 g/mol. The van der Waals surface area contributed by atoms with Crippen molar-refractivity contribution in [3.8, 4) is 0 Å². The molecule has 0 aromatic heterocycles. The summed E-state index contributed by atoms with van der Waals surface area (Å²) >= 11 is 0. The van der Waals surface area contributed by atoms with Crippen molar-refractivity contribution in [2.24, 2.45) is 0 Å². The molecule has 7 nitrogen and oxygen atoms in total. The maximum absolute atomic E-state index is 12.1. The van der Waals surface area contributed by atoms with Crippen LogP contribution in [0.1, 0.15) is 19.3 Å². The predicted molar refractivity (Wildman–Crippen MR) is 77.2 cm³/mol. The SMILES string of the molecule is COCCCC(NC(=O)N1CC=C(COC)CC1)C(=O)O. The molecule has 0 aromatic rings. The lowest BCUT2D eigenvalue weighted by atomic mass is 10.1. The van der Waals surface area contributed by atoms with Crippen LogP contribution in [-0.2, 0) is 14.3 Å². The number of nitrogens with one attached hydrogen (secondary N) is 1. The molecule has 0 bridgehead atoms. The van der Waals surface area contributed by atoms with Crippen LogP contribution in [0.3, 0.4) is 0 Å². The van der Waals surface area contributed by atoms with Gasteiger partial charge in [0, 0.05) is 33.9 Å². The highest BCUT2D eigenvalue weighted by molar-refractivity contribution is 5.82. The largest absolute Gasteiger partial charge is 0.480 e. The lowest BCUT2D eigenvalue weighted by Crippen LogP contribution is -2.49. The van der Waals surface area contributed by atoms with E-state index in [9.17, 15) is 9.59 Å². The summed E-state index contributed by atoms with van der Waals surface area (Å²) in [5, 5.41) is 11.7. The molecule has 120 valence electrons. The molecule has 21 heavy (non-hydrogen) atoms.